The zero-order valence-electron chi connectivity index (χ0n) is 11.8. The van der Waals surface area contributed by atoms with E-state index >= 15 is 0 Å². The van der Waals surface area contributed by atoms with Crippen molar-refractivity contribution < 1.29 is 50.0 Å². The second-order valence-corrected chi connectivity index (χ2v) is 5.51. The fourth-order valence-electron chi connectivity index (χ4n) is 2.51. The molecule has 0 spiro atoms. The van der Waals surface area contributed by atoms with Crippen molar-refractivity contribution in [2.75, 3.05) is 6.61 Å². The smallest absolute Gasteiger partial charge is 0.187 e. The van der Waals surface area contributed by atoms with Gasteiger partial charge in [-0.2, -0.15) is 0 Å². The lowest BCUT2D eigenvalue weighted by Crippen LogP contribution is -2.63. The standard InChI is InChI=1S/C12H22O10/c1-3-5(14)7(16)8(17)12(20-3)22-10-6(15)4(2-13)21-11(19)9(10)18/h3-19H,2H2,1H3/t3-,4+,5-,6-,7+,8+,9+,10-,11+,12-/m0/s1. The Hall–Kier alpha value is -0.400. The topological polar surface area (TPSA) is 169 Å². The Labute approximate surface area is 126 Å². The molecule has 2 rings (SSSR count). The van der Waals surface area contributed by atoms with E-state index in [0.717, 1.165) is 0 Å². The number of hydrogen-bond donors (Lipinski definition) is 7. The third-order valence-corrected chi connectivity index (χ3v) is 3.94. The monoisotopic (exact) mass is 326 g/mol. The van der Waals surface area contributed by atoms with E-state index in [1.54, 1.807) is 0 Å². The van der Waals surface area contributed by atoms with Crippen molar-refractivity contribution in [3.8, 4) is 0 Å². The van der Waals surface area contributed by atoms with Gasteiger partial charge in [0, 0.05) is 0 Å². The third kappa shape index (κ3) is 3.26. The van der Waals surface area contributed by atoms with Gasteiger partial charge in [0.15, 0.2) is 12.6 Å². The van der Waals surface area contributed by atoms with Gasteiger partial charge in [0.05, 0.1) is 12.7 Å². The first kappa shape index (κ1) is 17.9. The normalized spacial score (nSPS) is 53.5. The Kier molecular flexibility index (Phi) is 5.72. The second-order valence-electron chi connectivity index (χ2n) is 5.51. The van der Waals surface area contributed by atoms with Crippen LogP contribution in [0.2, 0.25) is 0 Å². The van der Waals surface area contributed by atoms with E-state index in [1.165, 1.54) is 6.92 Å². The molecule has 10 heteroatoms. The molecule has 0 aromatic carbocycles. The fourth-order valence-corrected chi connectivity index (χ4v) is 2.51. The molecule has 2 aliphatic rings. The molecule has 0 unspecified atom stereocenters. The number of aliphatic hydroxyl groups excluding tert-OH is 7. The van der Waals surface area contributed by atoms with Crippen molar-refractivity contribution >= 4 is 0 Å². The van der Waals surface area contributed by atoms with E-state index in [2.05, 4.69) is 0 Å². The molecule has 0 aromatic heterocycles. The molecule has 0 radical (unpaired) electrons. The van der Waals surface area contributed by atoms with Crippen LogP contribution in [0.3, 0.4) is 0 Å². The van der Waals surface area contributed by atoms with Gasteiger partial charge in [0.1, 0.15) is 42.7 Å². The van der Waals surface area contributed by atoms with Gasteiger partial charge in [-0.15, -0.1) is 0 Å². The van der Waals surface area contributed by atoms with E-state index in [4.69, 9.17) is 19.3 Å². The van der Waals surface area contributed by atoms with Crippen LogP contribution in [0.1, 0.15) is 6.92 Å². The van der Waals surface area contributed by atoms with Crippen LogP contribution in [0, 0.1) is 0 Å². The van der Waals surface area contributed by atoms with Gasteiger partial charge in [0.25, 0.3) is 0 Å². The molecule has 0 aliphatic carbocycles. The molecule has 130 valence electrons. The Morgan fingerprint density at radius 1 is 0.818 bits per heavy atom. The molecule has 10 nitrogen and oxygen atoms in total. The first-order valence-corrected chi connectivity index (χ1v) is 6.93. The molecule has 10 atom stereocenters. The van der Waals surface area contributed by atoms with Crippen LogP contribution >= 0.6 is 0 Å². The molecule has 2 heterocycles. The maximum atomic E-state index is 9.99. The molecule has 0 aromatic rings. The van der Waals surface area contributed by atoms with E-state index < -0.39 is 68.0 Å². The zero-order valence-corrected chi connectivity index (χ0v) is 11.8. The summed E-state index contributed by atoms with van der Waals surface area (Å²) in [6.07, 6.45) is -14.3. The number of ether oxygens (including phenoxy) is 3. The maximum absolute atomic E-state index is 9.99. The van der Waals surface area contributed by atoms with Crippen LogP contribution in [0.5, 0.6) is 0 Å². The zero-order chi connectivity index (χ0) is 16.6. The molecule has 0 saturated carbocycles. The summed E-state index contributed by atoms with van der Waals surface area (Å²) in [5.41, 5.74) is 0. The van der Waals surface area contributed by atoms with Gasteiger partial charge in [0.2, 0.25) is 0 Å². The summed E-state index contributed by atoms with van der Waals surface area (Å²) < 4.78 is 15.3. The van der Waals surface area contributed by atoms with Crippen molar-refractivity contribution in [1.29, 1.82) is 0 Å². The average molecular weight is 326 g/mol. The Balaban J connectivity index is 2.10. The summed E-state index contributed by atoms with van der Waals surface area (Å²) in [5.74, 6) is 0. The van der Waals surface area contributed by atoms with Crippen molar-refractivity contribution in [2.45, 2.75) is 68.3 Å². The molecule has 22 heavy (non-hydrogen) atoms. The largest absolute Gasteiger partial charge is 0.394 e. The molecule has 2 fully saturated rings. The van der Waals surface area contributed by atoms with Crippen LogP contribution < -0.4 is 0 Å². The quantitative estimate of drug-likeness (QED) is 0.269. The summed E-state index contributed by atoms with van der Waals surface area (Å²) >= 11 is 0. The van der Waals surface area contributed by atoms with Crippen molar-refractivity contribution in [2.24, 2.45) is 0 Å². The lowest BCUT2D eigenvalue weighted by Gasteiger charge is -2.44. The molecular weight excluding hydrogens is 304 g/mol. The second kappa shape index (κ2) is 7.01. The van der Waals surface area contributed by atoms with Gasteiger partial charge in [-0.3, -0.25) is 0 Å². The van der Waals surface area contributed by atoms with Crippen LogP contribution in [-0.4, -0.2) is 104 Å². The van der Waals surface area contributed by atoms with E-state index in [0.29, 0.717) is 0 Å². The number of rotatable bonds is 3. The SMILES string of the molecule is C[C@@H]1O[C@@H](O[C@@H]2[C@@H](O)[C@H](O)O[C@H](CO)[C@@H]2O)[C@H](O)[C@H](O)[C@H]1O. The Morgan fingerprint density at radius 3 is 2.05 bits per heavy atom. The summed E-state index contributed by atoms with van der Waals surface area (Å²) in [5, 5.41) is 67.6. The van der Waals surface area contributed by atoms with Gasteiger partial charge in [-0.25, -0.2) is 0 Å². The summed E-state index contributed by atoms with van der Waals surface area (Å²) in [6.45, 7) is 0.814. The fraction of sp³-hybridized carbons (Fsp3) is 1.00. The Morgan fingerprint density at radius 2 is 1.45 bits per heavy atom. The van der Waals surface area contributed by atoms with Gasteiger partial charge in [-0.1, -0.05) is 0 Å². The molecule has 7 N–H and O–H groups in total. The minimum absolute atomic E-state index is 0.628. The third-order valence-electron chi connectivity index (χ3n) is 3.94. The summed E-state index contributed by atoms with van der Waals surface area (Å²) in [7, 11) is 0. The highest BCUT2D eigenvalue weighted by atomic mass is 16.7. The lowest BCUT2D eigenvalue weighted by molar-refractivity contribution is -0.352. The highest BCUT2D eigenvalue weighted by Crippen LogP contribution is 2.28. The maximum Gasteiger partial charge on any atom is 0.187 e. The van der Waals surface area contributed by atoms with Crippen LogP contribution in [0.4, 0.5) is 0 Å². The summed E-state index contributed by atoms with van der Waals surface area (Å²) in [6, 6.07) is 0. The Bertz CT molecular complexity index is 368. The number of aliphatic hydroxyl groups is 7. The van der Waals surface area contributed by atoms with E-state index in [1.807, 2.05) is 0 Å². The molecule has 2 saturated heterocycles. The van der Waals surface area contributed by atoms with Crippen molar-refractivity contribution in [3.63, 3.8) is 0 Å². The lowest BCUT2D eigenvalue weighted by atomic mass is 9.97. The minimum atomic E-state index is -1.71. The van der Waals surface area contributed by atoms with Gasteiger partial charge >= 0.3 is 0 Å². The van der Waals surface area contributed by atoms with Crippen LogP contribution in [-0.2, 0) is 14.2 Å². The first-order valence-electron chi connectivity index (χ1n) is 6.93. The predicted octanol–water partition coefficient (Wildman–Crippen LogP) is -4.37. The first-order chi connectivity index (χ1) is 10.3. The highest BCUT2D eigenvalue weighted by molar-refractivity contribution is 4.93. The average Bonchev–Trinajstić information content (AvgIpc) is 2.50. The molecule has 2 aliphatic heterocycles. The number of hydrogen-bond acceptors (Lipinski definition) is 10. The minimum Gasteiger partial charge on any atom is -0.394 e. The van der Waals surface area contributed by atoms with E-state index in [-0.39, 0.29) is 0 Å². The summed E-state index contributed by atoms with van der Waals surface area (Å²) in [4.78, 5) is 0. The predicted molar refractivity (Wildman–Crippen MR) is 67.2 cm³/mol. The van der Waals surface area contributed by atoms with Crippen molar-refractivity contribution in [1.82, 2.24) is 0 Å². The van der Waals surface area contributed by atoms with E-state index in [9.17, 15) is 30.6 Å². The molecular formula is C12H22O10. The van der Waals surface area contributed by atoms with Crippen molar-refractivity contribution in [3.05, 3.63) is 0 Å². The highest BCUT2D eigenvalue weighted by Gasteiger charge is 2.49. The van der Waals surface area contributed by atoms with Gasteiger partial charge in [-0.05, 0) is 6.92 Å². The molecule has 0 bridgehead atoms. The van der Waals surface area contributed by atoms with Crippen LogP contribution in [0.25, 0.3) is 0 Å². The van der Waals surface area contributed by atoms with Crippen LogP contribution in [0.15, 0.2) is 0 Å². The van der Waals surface area contributed by atoms with Gasteiger partial charge < -0.3 is 50.0 Å². The molecule has 0 amide bonds.